The van der Waals surface area contributed by atoms with Gasteiger partial charge in [0, 0.05) is 36.9 Å². The Bertz CT molecular complexity index is 465. The van der Waals surface area contributed by atoms with Gasteiger partial charge in [0.15, 0.2) is 0 Å². The van der Waals surface area contributed by atoms with Crippen LogP contribution in [0.15, 0.2) is 0 Å². The molecule has 1 aromatic heterocycles. The van der Waals surface area contributed by atoms with E-state index in [1.165, 1.54) is 36.2 Å². The quantitative estimate of drug-likeness (QED) is 0.844. The lowest BCUT2D eigenvalue weighted by Gasteiger charge is -2.20. The molecule has 2 fully saturated rings. The molecule has 2 saturated carbocycles. The van der Waals surface area contributed by atoms with Crippen molar-refractivity contribution in [2.45, 2.75) is 51.0 Å². The number of hydrogen-bond acceptors (Lipinski definition) is 3. The van der Waals surface area contributed by atoms with Gasteiger partial charge in [-0.2, -0.15) is 0 Å². The van der Waals surface area contributed by atoms with Crippen LogP contribution in [0.5, 0.6) is 0 Å². The van der Waals surface area contributed by atoms with Crippen molar-refractivity contribution in [1.29, 1.82) is 0 Å². The van der Waals surface area contributed by atoms with E-state index in [2.05, 4.69) is 12.2 Å². The zero-order valence-electron chi connectivity index (χ0n) is 10.4. The summed E-state index contributed by atoms with van der Waals surface area (Å²) < 4.78 is 0. The molecular weight excluding hydrogens is 210 g/mol. The molecule has 4 rings (SSSR count). The first-order valence-electron chi connectivity index (χ1n) is 6.93. The highest BCUT2D eigenvalue weighted by Gasteiger charge is 2.39. The van der Waals surface area contributed by atoms with Crippen molar-refractivity contribution in [3.05, 3.63) is 22.8 Å². The zero-order valence-corrected chi connectivity index (χ0v) is 10.4. The maximum Gasteiger partial charge on any atom is 0.132 e. The molecular formula is C14H19N3. The summed E-state index contributed by atoms with van der Waals surface area (Å²) in [7, 11) is 0. The van der Waals surface area contributed by atoms with Crippen molar-refractivity contribution in [3.8, 4) is 0 Å². The van der Waals surface area contributed by atoms with E-state index in [0.717, 1.165) is 37.2 Å². The van der Waals surface area contributed by atoms with Gasteiger partial charge in [0.25, 0.3) is 0 Å². The van der Waals surface area contributed by atoms with E-state index >= 15 is 0 Å². The maximum atomic E-state index is 4.91. The molecule has 3 aliphatic rings. The molecule has 3 nitrogen and oxygen atoms in total. The van der Waals surface area contributed by atoms with E-state index in [0.29, 0.717) is 5.92 Å². The van der Waals surface area contributed by atoms with Crippen molar-refractivity contribution >= 4 is 0 Å². The molecule has 90 valence electrons. The van der Waals surface area contributed by atoms with Crippen LogP contribution in [0.4, 0.5) is 0 Å². The number of nitrogens with one attached hydrogen (secondary N) is 1. The molecule has 17 heavy (non-hydrogen) atoms. The van der Waals surface area contributed by atoms with E-state index in [4.69, 9.17) is 9.97 Å². The summed E-state index contributed by atoms with van der Waals surface area (Å²) in [5.41, 5.74) is 4.15. The second-order valence-corrected chi connectivity index (χ2v) is 5.91. The summed E-state index contributed by atoms with van der Waals surface area (Å²) in [6.07, 6.45) is 5.05. The van der Waals surface area contributed by atoms with Crippen LogP contribution in [0.3, 0.4) is 0 Å². The average Bonchev–Trinajstić information content (AvgIpc) is 3.22. The minimum atomic E-state index is 0.660. The Balaban J connectivity index is 1.80. The Labute approximate surface area is 102 Å². The first kappa shape index (κ1) is 10.0. The third-order valence-electron chi connectivity index (χ3n) is 4.39. The van der Waals surface area contributed by atoms with Crippen LogP contribution < -0.4 is 5.32 Å². The number of fused-ring (bicyclic) bond motifs is 1. The van der Waals surface area contributed by atoms with Crippen molar-refractivity contribution < 1.29 is 0 Å². The molecule has 0 aromatic carbocycles. The Hall–Kier alpha value is -0.960. The van der Waals surface area contributed by atoms with Gasteiger partial charge in [-0.1, -0.05) is 6.92 Å². The number of rotatable bonds is 2. The normalized spacial score (nSPS) is 31.1. The lowest BCUT2D eigenvalue weighted by molar-refractivity contribution is 0.607. The minimum absolute atomic E-state index is 0.660. The van der Waals surface area contributed by atoms with Crippen LogP contribution in [-0.4, -0.2) is 16.5 Å². The van der Waals surface area contributed by atoms with E-state index in [1.54, 1.807) is 0 Å². The highest BCUT2D eigenvalue weighted by atomic mass is 15.0. The molecule has 0 amide bonds. The van der Waals surface area contributed by atoms with E-state index in [-0.39, 0.29) is 0 Å². The molecule has 2 heterocycles. The number of nitrogens with zero attached hydrogens (tertiary/aromatic N) is 2. The van der Waals surface area contributed by atoms with Crippen LogP contribution in [0, 0.1) is 5.92 Å². The second kappa shape index (κ2) is 3.52. The molecule has 2 atom stereocenters. The Morgan fingerprint density at radius 3 is 2.76 bits per heavy atom. The largest absolute Gasteiger partial charge is 0.312 e. The van der Waals surface area contributed by atoms with Gasteiger partial charge in [-0.3, -0.25) is 0 Å². The molecule has 3 heteroatoms. The summed E-state index contributed by atoms with van der Waals surface area (Å²) in [5.74, 6) is 3.37. The number of hydrogen-bond donors (Lipinski definition) is 1. The van der Waals surface area contributed by atoms with E-state index in [1.807, 2.05) is 0 Å². The van der Waals surface area contributed by atoms with Crippen molar-refractivity contribution in [3.63, 3.8) is 0 Å². The summed E-state index contributed by atoms with van der Waals surface area (Å²) in [4.78, 5) is 9.75. The molecule has 1 aromatic rings. The fraction of sp³-hybridized carbons (Fsp3) is 0.714. The Morgan fingerprint density at radius 1 is 1.24 bits per heavy atom. The maximum absolute atomic E-state index is 4.91. The average molecular weight is 229 g/mol. The first-order valence-corrected chi connectivity index (χ1v) is 6.93. The van der Waals surface area contributed by atoms with Crippen LogP contribution in [0.1, 0.15) is 60.8 Å². The molecule has 1 N–H and O–H groups in total. The first-order chi connectivity index (χ1) is 8.33. The fourth-order valence-corrected chi connectivity index (χ4v) is 2.93. The fourth-order valence-electron chi connectivity index (χ4n) is 2.93. The monoisotopic (exact) mass is 229 g/mol. The van der Waals surface area contributed by atoms with Crippen molar-refractivity contribution in [2.24, 2.45) is 5.92 Å². The van der Waals surface area contributed by atoms with Crippen LogP contribution in [0.2, 0.25) is 0 Å². The Kier molecular flexibility index (Phi) is 2.07. The van der Waals surface area contributed by atoms with Gasteiger partial charge in [0.2, 0.25) is 0 Å². The van der Waals surface area contributed by atoms with Crippen molar-refractivity contribution in [1.82, 2.24) is 15.3 Å². The van der Waals surface area contributed by atoms with Crippen molar-refractivity contribution in [2.75, 3.05) is 6.54 Å². The minimum Gasteiger partial charge on any atom is -0.312 e. The third-order valence-corrected chi connectivity index (χ3v) is 4.39. The topological polar surface area (TPSA) is 37.8 Å². The molecule has 0 bridgehead atoms. The van der Waals surface area contributed by atoms with Gasteiger partial charge in [-0.25, -0.2) is 9.97 Å². The van der Waals surface area contributed by atoms with E-state index < -0.39 is 0 Å². The van der Waals surface area contributed by atoms with Gasteiger partial charge in [-0.15, -0.1) is 0 Å². The molecule has 0 saturated heterocycles. The van der Waals surface area contributed by atoms with Gasteiger partial charge in [0.1, 0.15) is 5.82 Å². The van der Waals surface area contributed by atoms with Crippen LogP contribution >= 0.6 is 0 Å². The van der Waals surface area contributed by atoms with Gasteiger partial charge in [-0.05, 0) is 25.2 Å². The lowest BCUT2D eigenvalue weighted by Crippen LogP contribution is -2.27. The predicted molar refractivity (Wildman–Crippen MR) is 65.9 cm³/mol. The summed E-state index contributed by atoms with van der Waals surface area (Å²) in [5, 5.41) is 3.46. The van der Waals surface area contributed by atoms with E-state index in [9.17, 15) is 0 Å². The highest BCUT2D eigenvalue weighted by Crippen LogP contribution is 2.47. The Morgan fingerprint density at radius 2 is 2.06 bits per heavy atom. The molecule has 2 unspecified atom stereocenters. The number of aromatic nitrogens is 2. The zero-order chi connectivity index (χ0) is 11.4. The second-order valence-electron chi connectivity index (χ2n) is 5.91. The van der Waals surface area contributed by atoms with Crippen LogP contribution in [0.25, 0.3) is 0 Å². The molecule has 0 spiro atoms. The summed E-state index contributed by atoms with van der Waals surface area (Å²) in [6, 6.07) is 0. The molecule has 1 aliphatic heterocycles. The van der Waals surface area contributed by atoms with Gasteiger partial charge in [0.05, 0.1) is 11.4 Å². The molecule has 2 aliphatic carbocycles. The molecule has 0 radical (unpaired) electrons. The predicted octanol–water partition coefficient (Wildman–Crippen LogP) is 2.12. The van der Waals surface area contributed by atoms with Gasteiger partial charge < -0.3 is 5.32 Å². The van der Waals surface area contributed by atoms with Crippen LogP contribution in [-0.2, 0) is 13.0 Å². The lowest BCUT2D eigenvalue weighted by atomic mass is 10.0. The summed E-state index contributed by atoms with van der Waals surface area (Å²) >= 11 is 0. The standard InChI is InChI=1S/C14H19N3/c1-8-6-10(8)14-16-12-4-5-15-7-11(12)13(17-14)9-2-3-9/h8-10,15H,2-7H2,1H3. The highest BCUT2D eigenvalue weighted by molar-refractivity contribution is 5.34. The van der Waals surface area contributed by atoms with Gasteiger partial charge >= 0.3 is 0 Å². The SMILES string of the molecule is CC1CC1c1nc2c(c(C3CC3)n1)CNCC2. The smallest absolute Gasteiger partial charge is 0.132 e. The summed E-state index contributed by atoms with van der Waals surface area (Å²) in [6.45, 7) is 4.38. The third kappa shape index (κ3) is 1.68.